The van der Waals surface area contributed by atoms with E-state index >= 15 is 0 Å². The Morgan fingerprint density at radius 2 is 1.38 bits per heavy atom. The summed E-state index contributed by atoms with van der Waals surface area (Å²) in [5.74, 6) is -2.45. The number of hydrogen-bond acceptors (Lipinski definition) is 6. The molecule has 0 fully saturated rings. The third-order valence-corrected chi connectivity index (χ3v) is 4.67. The summed E-state index contributed by atoms with van der Waals surface area (Å²) >= 11 is 0. The van der Waals surface area contributed by atoms with Crippen molar-refractivity contribution < 1.29 is 28.8 Å². The van der Waals surface area contributed by atoms with Gasteiger partial charge in [0.15, 0.2) is 0 Å². The molecule has 1 N–H and O–H groups in total. The number of nitrogens with one attached hydrogen (secondary N) is 1. The van der Waals surface area contributed by atoms with Gasteiger partial charge in [0, 0.05) is 0 Å². The van der Waals surface area contributed by atoms with Crippen molar-refractivity contribution >= 4 is 40.3 Å². The largest absolute Gasteiger partial charge is 0.444 e. The second kappa shape index (κ2) is 7.81. The first-order valence-electron chi connectivity index (χ1n) is 9.87. The van der Waals surface area contributed by atoms with E-state index in [0.29, 0.717) is 10.4 Å². The summed E-state index contributed by atoms with van der Waals surface area (Å²) in [6.45, 7) is 5.14. The second-order valence-electron chi connectivity index (χ2n) is 8.20. The van der Waals surface area contributed by atoms with Crippen LogP contribution in [0.4, 0.5) is 10.5 Å². The predicted octanol–water partition coefficient (Wildman–Crippen LogP) is 4.55. The fraction of sp³-hybridized carbons (Fsp3) is 0.167. The minimum atomic E-state index is -0.976. The molecule has 32 heavy (non-hydrogen) atoms. The van der Waals surface area contributed by atoms with Gasteiger partial charge in [-0.1, -0.05) is 41.5 Å². The fourth-order valence-electron chi connectivity index (χ4n) is 3.31. The summed E-state index contributed by atoms with van der Waals surface area (Å²) in [4.78, 5) is 55.6. The third-order valence-electron chi connectivity index (χ3n) is 4.67. The van der Waals surface area contributed by atoms with Crippen molar-refractivity contribution in [3.05, 3.63) is 77.4 Å². The van der Waals surface area contributed by atoms with Gasteiger partial charge in [-0.15, -0.1) is 0 Å². The summed E-state index contributed by atoms with van der Waals surface area (Å²) in [5.41, 5.74) is -0.362. The Morgan fingerprint density at radius 1 is 0.844 bits per heavy atom. The van der Waals surface area contributed by atoms with Crippen LogP contribution >= 0.6 is 0 Å². The average molecular weight is 432 g/mol. The molecule has 0 spiro atoms. The Bertz CT molecular complexity index is 1240. The molecule has 3 amide bonds. The zero-order valence-corrected chi connectivity index (χ0v) is 17.7. The average Bonchev–Trinajstić information content (AvgIpc) is 2.97. The summed E-state index contributed by atoms with van der Waals surface area (Å²) in [6.07, 6.45) is -0.762. The summed E-state index contributed by atoms with van der Waals surface area (Å²) < 4.78 is 5.28. The molecular weight excluding hydrogens is 412 g/mol. The Balaban J connectivity index is 1.66. The smallest absolute Gasteiger partial charge is 0.412 e. The lowest BCUT2D eigenvalue weighted by molar-refractivity contribution is -0.0583. The molecule has 1 aliphatic rings. The first-order valence-corrected chi connectivity index (χ1v) is 9.87. The highest BCUT2D eigenvalue weighted by atomic mass is 16.7. The molecule has 0 saturated heterocycles. The second-order valence-corrected chi connectivity index (χ2v) is 8.20. The Labute approximate surface area is 183 Å². The topological polar surface area (TPSA) is 102 Å². The van der Waals surface area contributed by atoms with Crippen LogP contribution in [-0.4, -0.2) is 34.5 Å². The molecule has 1 aliphatic heterocycles. The van der Waals surface area contributed by atoms with Gasteiger partial charge in [0.2, 0.25) is 0 Å². The molecule has 0 radical (unpaired) electrons. The van der Waals surface area contributed by atoms with Gasteiger partial charge in [-0.2, -0.15) is 0 Å². The van der Waals surface area contributed by atoms with Gasteiger partial charge in [0.1, 0.15) is 5.60 Å². The monoisotopic (exact) mass is 432 g/mol. The molecule has 0 saturated carbocycles. The first kappa shape index (κ1) is 21.0. The first-order chi connectivity index (χ1) is 15.1. The summed E-state index contributed by atoms with van der Waals surface area (Å²) in [7, 11) is 0. The molecule has 0 unspecified atom stereocenters. The van der Waals surface area contributed by atoms with Crippen LogP contribution < -0.4 is 5.32 Å². The van der Waals surface area contributed by atoms with Gasteiger partial charge in [-0.25, -0.2) is 9.59 Å². The number of benzene rings is 3. The number of carbonyl (C=O) groups is 4. The molecule has 8 nitrogen and oxygen atoms in total. The molecule has 0 atom stereocenters. The quantitative estimate of drug-likeness (QED) is 0.609. The molecule has 8 heteroatoms. The van der Waals surface area contributed by atoms with Gasteiger partial charge >= 0.3 is 12.1 Å². The van der Waals surface area contributed by atoms with E-state index in [1.807, 2.05) is 12.1 Å². The highest BCUT2D eigenvalue weighted by Gasteiger charge is 2.39. The molecule has 0 bridgehead atoms. The van der Waals surface area contributed by atoms with E-state index in [1.165, 1.54) is 18.2 Å². The van der Waals surface area contributed by atoms with Crippen molar-refractivity contribution in [2.24, 2.45) is 0 Å². The number of anilines is 1. The van der Waals surface area contributed by atoms with Crippen LogP contribution in [0.2, 0.25) is 0 Å². The number of fused-ring (bicyclic) bond motifs is 2. The maximum Gasteiger partial charge on any atom is 0.412 e. The van der Waals surface area contributed by atoms with Crippen LogP contribution in [0.25, 0.3) is 10.8 Å². The van der Waals surface area contributed by atoms with E-state index < -0.39 is 29.5 Å². The van der Waals surface area contributed by atoms with Crippen LogP contribution in [0.3, 0.4) is 0 Å². The van der Waals surface area contributed by atoms with Crippen LogP contribution in [0.5, 0.6) is 0 Å². The number of hydroxylamine groups is 2. The summed E-state index contributed by atoms with van der Waals surface area (Å²) in [5, 5.41) is 4.45. The van der Waals surface area contributed by atoms with Crippen LogP contribution in [0.15, 0.2) is 60.7 Å². The van der Waals surface area contributed by atoms with Crippen molar-refractivity contribution in [2.75, 3.05) is 5.32 Å². The maximum absolute atomic E-state index is 13.0. The molecule has 0 aliphatic carbocycles. The minimum absolute atomic E-state index is 0.0360. The van der Waals surface area contributed by atoms with Gasteiger partial charge in [0.05, 0.1) is 22.4 Å². The standard InChI is InChI=1S/C24H20N2O6/c1-24(2,3)31-23(30)25-19-13-15-9-5-4-8-14(15)12-18(19)22(29)32-26-20(27)16-10-6-7-11-17(16)21(26)28/h4-13H,1-3H3,(H,25,30). The highest BCUT2D eigenvalue weighted by Crippen LogP contribution is 2.28. The maximum atomic E-state index is 13.0. The van der Waals surface area contributed by atoms with Gasteiger partial charge in [0.25, 0.3) is 11.8 Å². The molecular formula is C24H20N2O6. The number of rotatable bonds is 3. The zero-order chi connectivity index (χ0) is 23.0. The van der Waals surface area contributed by atoms with Gasteiger partial charge in [-0.05, 0) is 55.8 Å². The normalized spacial score (nSPS) is 13.2. The Hall–Kier alpha value is -4.20. The molecule has 3 aromatic carbocycles. The highest BCUT2D eigenvalue weighted by molar-refractivity contribution is 6.21. The molecule has 4 rings (SSSR count). The molecule has 0 aromatic heterocycles. The fourth-order valence-corrected chi connectivity index (χ4v) is 3.31. The van der Waals surface area contributed by atoms with E-state index in [0.717, 1.165) is 5.39 Å². The van der Waals surface area contributed by atoms with E-state index in [-0.39, 0.29) is 22.4 Å². The van der Waals surface area contributed by atoms with Crippen LogP contribution in [0.1, 0.15) is 51.8 Å². The van der Waals surface area contributed by atoms with Gasteiger partial charge in [-0.3, -0.25) is 14.9 Å². The molecule has 162 valence electrons. The molecule has 1 heterocycles. The number of ether oxygens (including phenoxy) is 1. The Morgan fingerprint density at radius 3 is 1.94 bits per heavy atom. The number of hydrogen-bond donors (Lipinski definition) is 1. The Kier molecular flexibility index (Phi) is 5.14. The van der Waals surface area contributed by atoms with E-state index in [2.05, 4.69) is 5.32 Å². The van der Waals surface area contributed by atoms with Crippen molar-refractivity contribution in [1.82, 2.24) is 5.06 Å². The van der Waals surface area contributed by atoms with Crippen molar-refractivity contribution in [1.29, 1.82) is 0 Å². The zero-order valence-electron chi connectivity index (χ0n) is 17.7. The van der Waals surface area contributed by atoms with Gasteiger partial charge < -0.3 is 9.57 Å². The van der Waals surface area contributed by atoms with Crippen LogP contribution in [-0.2, 0) is 9.57 Å². The van der Waals surface area contributed by atoms with E-state index in [4.69, 9.17) is 9.57 Å². The number of amides is 3. The number of nitrogens with zero attached hydrogens (tertiary/aromatic N) is 1. The van der Waals surface area contributed by atoms with E-state index in [1.54, 1.807) is 51.1 Å². The lowest BCUT2D eigenvalue weighted by Gasteiger charge is -2.21. The van der Waals surface area contributed by atoms with E-state index in [9.17, 15) is 19.2 Å². The predicted molar refractivity (Wildman–Crippen MR) is 116 cm³/mol. The number of carbonyl (C=O) groups excluding carboxylic acids is 4. The number of imide groups is 1. The molecule has 3 aromatic rings. The van der Waals surface area contributed by atoms with Crippen molar-refractivity contribution in [3.8, 4) is 0 Å². The lowest BCUT2D eigenvalue weighted by Crippen LogP contribution is -2.33. The van der Waals surface area contributed by atoms with Crippen LogP contribution in [0, 0.1) is 0 Å². The minimum Gasteiger partial charge on any atom is -0.444 e. The van der Waals surface area contributed by atoms with Crippen molar-refractivity contribution in [3.63, 3.8) is 0 Å². The summed E-state index contributed by atoms with van der Waals surface area (Å²) in [6, 6.07) is 16.5. The van der Waals surface area contributed by atoms with Crippen molar-refractivity contribution in [2.45, 2.75) is 26.4 Å². The lowest BCUT2D eigenvalue weighted by atomic mass is 10.0. The SMILES string of the molecule is CC(C)(C)OC(=O)Nc1cc2ccccc2cc1C(=O)ON1C(=O)c2ccccc2C1=O. The third kappa shape index (κ3) is 4.02.